The van der Waals surface area contributed by atoms with Gasteiger partial charge in [0, 0.05) is 0 Å². The minimum Gasteiger partial charge on any atom is -0.427 e. The first-order valence-corrected chi connectivity index (χ1v) is 2.63. The lowest BCUT2D eigenvalue weighted by molar-refractivity contribution is 0.405. The third kappa shape index (κ3) is 5.72. The molecule has 0 bridgehead atoms. The van der Waals surface area contributed by atoms with Crippen molar-refractivity contribution >= 4 is 7.12 Å². The summed E-state index contributed by atoms with van der Waals surface area (Å²) >= 11 is 0. The maximum Gasteiger partial charge on any atom is 0.451 e. The average molecular weight is 114 g/mol. The predicted molar refractivity (Wildman–Crippen MR) is 34.4 cm³/mol. The minimum absolute atomic E-state index is 0.398. The molecule has 0 spiro atoms. The van der Waals surface area contributed by atoms with Crippen molar-refractivity contribution in [3.8, 4) is 0 Å². The standard InChI is InChI=1S/C5H11BO2/c1-5(2)3-4-6(7)8/h7-8H,1,3-4H2,2H3. The van der Waals surface area contributed by atoms with Crippen LogP contribution in [0.1, 0.15) is 13.3 Å². The molecular weight excluding hydrogens is 103 g/mol. The van der Waals surface area contributed by atoms with Crippen molar-refractivity contribution in [3.05, 3.63) is 12.2 Å². The van der Waals surface area contributed by atoms with Gasteiger partial charge >= 0.3 is 7.12 Å². The lowest BCUT2D eigenvalue weighted by Gasteiger charge is -1.95. The topological polar surface area (TPSA) is 40.5 Å². The Morgan fingerprint density at radius 1 is 1.62 bits per heavy atom. The Morgan fingerprint density at radius 2 is 2.12 bits per heavy atom. The number of rotatable bonds is 3. The third-order valence-corrected chi connectivity index (χ3v) is 0.829. The second-order valence-corrected chi connectivity index (χ2v) is 1.98. The monoisotopic (exact) mass is 114 g/mol. The molecule has 0 saturated carbocycles. The summed E-state index contributed by atoms with van der Waals surface area (Å²) in [4.78, 5) is 0. The minimum atomic E-state index is -1.17. The van der Waals surface area contributed by atoms with Crippen molar-refractivity contribution in [2.24, 2.45) is 0 Å². The molecule has 0 aliphatic heterocycles. The average Bonchev–Trinajstić information content (AvgIpc) is 1.61. The van der Waals surface area contributed by atoms with Crippen LogP contribution < -0.4 is 0 Å². The van der Waals surface area contributed by atoms with Gasteiger partial charge in [-0.2, -0.15) is 0 Å². The van der Waals surface area contributed by atoms with Gasteiger partial charge in [0.2, 0.25) is 0 Å². The molecular formula is C5H11BO2. The molecule has 0 aliphatic carbocycles. The molecule has 0 rings (SSSR count). The van der Waals surface area contributed by atoms with Gasteiger partial charge in [0.05, 0.1) is 0 Å². The zero-order valence-electron chi connectivity index (χ0n) is 5.09. The maximum atomic E-state index is 8.32. The molecule has 0 aliphatic rings. The van der Waals surface area contributed by atoms with E-state index in [1.54, 1.807) is 0 Å². The van der Waals surface area contributed by atoms with Gasteiger partial charge < -0.3 is 10.0 Å². The second-order valence-electron chi connectivity index (χ2n) is 1.98. The molecule has 0 aromatic heterocycles. The summed E-state index contributed by atoms with van der Waals surface area (Å²) in [5.41, 5.74) is 0.984. The summed E-state index contributed by atoms with van der Waals surface area (Å²) < 4.78 is 0. The number of hydrogen-bond donors (Lipinski definition) is 2. The predicted octanol–water partition coefficient (Wildman–Crippen LogP) is 0.425. The van der Waals surface area contributed by atoms with Crippen LogP contribution in [-0.4, -0.2) is 17.2 Å². The van der Waals surface area contributed by atoms with Crippen molar-refractivity contribution in [1.82, 2.24) is 0 Å². The van der Waals surface area contributed by atoms with Crippen molar-refractivity contribution in [1.29, 1.82) is 0 Å². The van der Waals surface area contributed by atoms with E-state index in [0.717, 1.165) is 5.57 Å². The largest absolute Gasteiger partial charge is 0.451 e. The van der Waals surface area contributed by atoms with Gasteiger partial charge in [0.25, 0.3) is 0 Å². The molecule has 0 aromatic carbocycles. The molecule has 2 N–H and O–H groups in total. The SMILES string of the molecule is C=C(C)CCB(O)O. The molecule has 0 radical (unpaired) electrons. The van der Waals surface area contributed by atoms with Gasteiger partial charge in [-0.05, 0) is 19.7 Å². The Labute approximate surface area is 50.0 Å². The Balaban J connectivity index is 3.05. The molecule has 0 unspecified atom stereocenters. The van der Waals surface area contributed by atoms with Crippen LogP contribution in [-0.2, 0) is 0 Å². The van der Waals surface area contributed by atoms with E-state index in [1.165, 1.54) is 0 Å². The van der Waals surface area contributed by atoms with Crippen LogP contribution in [0.2, 0.25) is 6.32 Å². The first-order valence-electron chi connectivity index (χ1n) is 2.63. The van der Waals surface area contributed by atoms with Gasteiger partial charge in [0.15, 0.2) is 0 Å². The lowest BCUT2D eigenvalue weighted by atomic mass is 9.83. The summed E-state index contributed by atoms with van der Waals surface area (Å²) in [6.45, 7) is 5.47. The van der Waals surface area contributed by atoms with Gasteiger partial charge in [0.1, 0.15) is 0 Å². The zero-order chi connectivity index (χ0) is 6.57. The Morgan fingerprint density at radius 3 is 2.25 bits per heavy atom. The van der Waals surface area contributed by atoms with E-state index in [9.17, 15) is 0 Å². The molecule has 0 fully saturated rings. The van der Waals surface area contributed by atoms with E-state index in [-0.39, 0.29) is 0 Å². The maximum absolute atomic E-state index is 8.32. The van der Waals surface area contributed by atoms with E-state index < -0.39 is 7.12 Å². The quantitative estimate of drug-likeness (QED) is 0.412. The van der Waals surface area contributed by atoms with Crippen molar-refractivity contribution in [3.63, 3.8) is 0 Å². The van der Waals surface area contributed by atoms with Gasteiger partial charge in [-0.25, -0.2) is 0 Å². The highest BCUT2D eigenvalue weighted by molar-refractivity contribution is 6.40. The second kappa shape index (κ2) is 3.69. The summed E-state index contributed by atoms with van der Waals surface area (Å²) in [6, 6.07) is 0. The molecule has 3 heteroatoms. The van der Waals surface area contributed by atoms with Crippen LogP contribution in [0.4, 0.5) is 0 Å². The van der Waals surface area contributed by atoms with Crippen LogP contribution in [0.5, 0.6) is 0 Å². The fourth-order valence-corrected chi connectivity index (χ4v) is 0.375. The fourth-order valence-electron chi connectivity index (χ4n) is 0.375. The molecule has 8 heavy (non-hydrogen) atoms. The first-order chi connectivity index (χ1) is 3.63. The van der Waals surface area contributed by atoms with Crippen LogP contribution in [0, 0.1) is 0 Å². The van der Waals surface area contributed by atoms with Crippen LogP contribution in [0.3, 0.4) is 0 Å². The van der Waals surface area contributed by atoms with E-state index in [0.29, 0.717) is 12.7 Å². The summed E-state index contributed by atoms with van der Waals surface area (Å²) in [5, 5.41) is 16.6. The van der Waals surface area contributed by atoms with Crippen molar-refractivity contribution in [2.75, 3.05) is 0 Å². The van der Waals surface area contributed by atoms with Crippen molar-refractivity contribution < 1.29 is 10.0 Å². The van der Waals surface area contributed by atoms with E-state index in [1.807, 2.05) is 6.92 Å². The van der Waals surface area contributed by atoms with E-state index >= 15 is 0 Å². The molecule has 0 aromatic rings. The number of allylic oxidation sites excluding steroid dienone is 1. The number of hydrogen-bond acceptors (Lipinski definition) is 2. The zero-order valence-corrected chi connectivity index (χ0v) is 5.09. The highest BCUT2D eigenvalue weighted by Gasteiger charge is 2.03. The van der Waals surface area contributed by atoms with Crippen LogP contribution in [0.25, 0.3) is 0 Å². The Hall–Kier alpha value is -0.275. The third-order valence-electron chi connectivity index (χ3n) is 0.829. The van der Waals surface area contributed by atoms with Gasteiger partial charge in [-0.3, -0.25) is 0 Å². The van der Waals surface area contributed by atoms with Gasteiger partial charge in [-0.1, -0.05) is 5.57 Å². The molecule has 2 nitrogen and oxygen atoms in total. The molecule has 0 saturated heterocycles. The first kappa shape index (κ1) is 7.72. The summed E-state index contributed by atoms with van der Waals surface area (Å²) in [6.07, 6.45) is 1.09. The van der Waals surface area contributed by atoms with Crippen LogP contribution >= 0.6 is 0 Å². The molecule has 46 valence electrons. The lowest BCUT2D eigenvalue weighted by Crippen LogP contribution is -2.09. The Kier molecular flexibility index (Phi) is 3.57. The fraction of sp³-hybridized carbons (Fsp3) is 0.600. The van der Waals surface area contributed by atoms with E-state index in [2.05, 4.69) is 6.58 Å². The normalized spacial score (nSPS) is 8.88. The molecule has 0 heterocycles. The van der Waals surface area contributed by atoms with E-state index in [4.69, 9.17) is 10.0 Å². The molecule has 0 atom stereocenters. The highest BCUT2D eigenvalue weighted by atomic mass is 16.4. The summed E-state index contributed by atoms with van der Waals surface area (Å²) in [5.74, 6) is 0. The summed E-state index contributed by atoms with van der Waals surface area (Å²) in [7, 11) is -1.17. The Bertz CT molecular complexity index is 80.5. The van der Waals surface area contributed by atoms with Crippen molar-refractivity contribution in [2.45, 2.75) is 19.7 Å². The smallest absolute Gasteiger partial charge is 0.427 e. The molecule has 0 amide bonds. The highest BCUT2D eigenvalue weighted by Crippen LogP contribution is 2.00. The van der Waals surface area contributed by atoms with Crippen LogP contribution in [0.15, 0.2) is 12.2 Å². The van der Waals surface area contributed by atoms with Gasteiger partial charge in [-0.15, -0.1) is 6.58 Å².